The van der Waals surface area contributed by atoms with Crippen molar-refractivity contribution in [3.63, 3.8) is 0 Å². The molecule has 0 aromatic rings. The fourth-order valence-corrected chi connectivity index (χ4v) is 1.39. The van der Waals surface area contributed by atoms with E-state index in [2.05, 4.69) is 13.8 Å². The molecule has 0 bridgehead atoms. The van der Waals surface area contributed by atoms with Crippen molar-refractivity contribution in [2.24, 2.45) is 5.41 Å². The number of nitrogens with zero attached hydrogens (tertiary/aromatic N) is 1. The van der Waals surface area contributed by atoms with Crippen LogP contribution in [-0.4, -0.2) is 23.4 Å². The smallest absolute Gasteiger partial charge is 0.0289 e. The fraction of sp³-hybridized carbons (Fsp3) is 1.00. The highest BCUT2D eigenvalue weighted by Crippen LogP contribution is 2.26. The summed E-state index contributed by atoms with van der Waals surface area (Å²) in [4.78, 5) is 0. The molecule has 0 radical (unpaired) electrons. The van der Waals surface area contributed by atoms with Crippen LogP contribution in [0, 0.1) is 5.41 Å². The third-order valence-corrected chi connectivity index (χ3v) is 1.88. The molecule has 1 aliphatic rings. The molecule has 0 amide bonds. The number of rotatable bonds is 0. The zero-order valence-electron chi connectivity index (χ0n) is 6.22. The quantitative estimate of drug-likeness (QED) is 0.535. The molecule has 1 fully saturated rings. The van der Waals surface area contributed by atoms with Crippen LogP contribution in [-0.2, 0) is 0 Å². The van der Waals surface area contributed by atoms with Gasteiger partial charge in [0, 0.05) is 13.1 Å². The monoisotopic (exact) mass is 129 g/mol. The van der Waals surface area contributed by atoms with Gasteiger partial charge in [-0.2, -0.15) is 5.06 Å². The van der Waals surface area contributed by atoms with E-state index in [9.17, 15) is 0 Å². The minimum absolute atomic E-state index is 0.326. The van der Waals surface area contributed by atoms with Crippen molar-refractivity contribution in [2.75, 3.05) is 13.1 Å². The first-order chi connectivity index (χ1) is 4.10. The lowest BCUT2D eigenvalue weighted by Gasteiger charge is -2.34. The molecular formula is C7H15NO. The van der Waals surface area contributed by atoms with E-state index in [1.54, 1.807) is 0 Å². The third-order valence-electron chi connectivity index (χ3n) is 1.88. The van der Waals surface area contributed by atoms with Gasteiger partial charge in [-0.3, -0.25) is 0 Å². The van der Waals surface area contributed by atoms with E-state index >= 15 is 0 Å². The van der Waals surface area contributed by atoms with Crippen LogP contribution in [0.15, 0.2) is 0 Å². The summed E-state index contributed by atoms with van der Waals surface area (Å²) in [7, 11) is 0. The molecule has 1 aliphatic heterocycles. The minimum atomic E-state index is 0.326. The largest absolute Gasteiger partial charge is 0.314 e. The summed E-state index contributed by atoms with van der Waals surface area (Å²) in [6.07, 6.45) is 2.37. The molecule has 0 aliphatic carbocycles. The predicted molar refractivity (Wildman–Crippen MR) is 36.4 cm³/mol. The van der Waals surface area contributed by atoms with Gasteiger partial charge in [0.2, 0.25) is 0 Å². The lowest BCUT2D eigenvalue weighted by atomic mass is 9.85. The van der Waals surface area contributed by atoms with Crippen molar-refractivity contribution < 1.29 is 5.21 Å². The Morgan fingerprint density at radius 3 is 2.44 bits per heavy atom. The lowest BCUT2D eigenvalue weighted by molar-refractivity contribution is -0.132. The topological polar surface area (TPSA) is 23.5 Å². The molecule has 0 saturated carbocycles. The first-order valence-corrected chi connectivity index (χ1v) is 3.54. The summed E-state index contributed by atoms with van der Waals surface area (Å²) >= 11 is 0. The standard InChI is InChI=1S/C7H15NO/c1-7(2)4-3-5-8(9)6-7/h9H,3-6H2,1-2H3. The Kier molecular flexibility index (Phi) is 1.78. The third kappa shape index (κ3) is 1.95. The maximum atomic E-state index is 9.08. The fourth-order valence-electron chi connectivity index (χ4n) is 1.39. The van der Waals surface area contributed by atoms with Gasteiger partial charge in [-0.15, -0.1) is 0 Å². The number of piperidine rings is 1. The molecule has 2 heteroatoms. The second-order valence-electron chi connectivity index (χ2n) is 3.66. The van der Waals surface area contributed by atoms with Crippen molar-refractivity contribution in [2.45, 2.75) is 26.7 Å². The average molecular weight is 129 g/mol. The number of hydrogen-bond acceptors (Lipinski definition) is 2. The Bertz CT molecular complexity index is 101. The summed E-state index contributed by atoms with van der Waals surface area (Å²) in [6, 6.07) is 0. The maximum Gasteiger partial charge on any atom is 0.0289 e. The first kappa shape index (κ1) is 7.03. The maximum absolute atomic E-state index is 9.08. The molecule has 1 rings (SSSR count). The predicted octanol–water partition coefficient (Wildman–Crippen LogP) is 1.50. The highest BCUT2D eigenvalue weighted by molar-refractivity contribution is 4.75. The minimum Gasteiger partial charge on any atom is -0.314 e. The Morgan fingerprint density at radius 2 is 2.11 bits per heavy atom. The van der Waals surface area contributed by atoms with Crippen LogP contribution < -0.4 is 0 Å². The second kappa shape index (κ2) is 2.27. The molecule has 1 saturated heterocycles. The molecule has 54 valence electrons. The summed E-state index contributed by atoms with van der Waals surface area (Å²) in [5.41, 5.74) is 0.326. The highest BCUT2D eigenvalue weighted by atomic mass is 16.5. The molecule has 0 atom stereocenters. The van der Waals surface area contributed by atoms with E-state index in [1.165, 1.54) is 11.5 Å². The summed E-state index contributed by atoms with van der Waals surface area (Å²) in [6.45, 7) is 6.06. The summed E-state index contributed by atoms with van der Waals surface area (Å²) in [5.74, 6) is 0. The average Bonchev–Trinajstić information content (AvgIpc) is 1.60. The molecule has 0 aromatic carbocycles. The van der Waals surface area contributed by atoms with Crippen molar-refractivity contribution in [1.82, 2.24) is 5.06 Å². The lowest BCUT2D eigenvalue weighted by Crippen LogP contribution is -2.37. The van der Waals surface area contributed by atoms with Gasteiger partial charge < -0.3 is 5.21 Å². The Balaban J connectivity index is 2.41. The Labute approximate surface area is 56.4 Å². The molecule has 2 nitrogen and oxygen atoms in total. The van der Waals surface area contributed by atoms with E-state index in [4.69, 9.17) is 5.21 Å². The van der Waals surface area contributed by atoms with Crippen LogP contribution in [0.5, 0.6) is 0 Å². The second-order valence-corrected chi connectivity index (χ2v) is 3.66. The van der Waals surface area contributed by atoms with Gasteiger partial charge in [0.25, 0.3) is 0 Å². The van der Waals surface area contributed by atoms with E-state index in [-0.39, 0.29) is 0 Å². The van der Waals surface area contributed by atoms with Gasteiger partial charge >= 0.3 is 0 Å². The van der Waals surface area contributed by atoms with Crippen LogP contribution in [0.4, 0.5) is 0 Å². The Morgan fingerprint density at radius 1 is 1.44 bits per heavy atom. The van der Waals surface area contributed by atoms with Crippen LogP contribution in [0.3, 0.4) is 0 Å². The van der Waals surface area contributed by atoms with Gasteiger partial charge in [-0.05, 0) is 18.3 Å². The van der Waals surface area contributed by atoms with Gasteiger partial charge in [0.15, 0.2) is 0 Å². The van der Waals surface area contributed by atoms with Crippen LogP contribution >= 0.6 is 0 Å². The van der Waals surface area contributed by atoms with Crippen LogP contribution in [0.2, 0.25) is 0 Å². The summed E-state index contributed by atoms with van der Waals surface area (Å²) < 4.78 is 0. The van der Waals surface area contributed by atoms with Crippen molar-refractivity contribution in [1.29, 1.82) is 0 Å². The van der Waals surface area contributed by atoms with Gasteiger partial charge in [0.1, 0.15) is 0 Å². The summed E-state index contributed by atoms with van der Waals surface area (Å²) in [5, 5.41) is 10.5. The number of hydroxylamine groups is 2. The van der Waals surface area contributed by atoms with Gasteiger partial charge in [-0.25, -0.2) is 0 Å². The highest BCUT2D eigenvalue weighted by Gasteiger charge is 2.24. The first-order valence-electron chi connectivity index (χ1n) is 3.54. The Hall–Kier alpha value is -0.0800. The molecule has 0 spiro atoms. The van der Waals surface area contributed by atoms with Crippen molar-refractivity contribution >= 4 is 0 Å². The number of hydrogen-bond donors (Lipinski definition) is 1. The molecular weight excluding hydrogens is 114 g/mol. The molecule has 0 aromatic heterocycles. The molecule has 9 heavy (non-hydrogen) atoms. The van der Waals surface area contributed by atoms with E-state index in [1.807, 2.05) is 0 Å². The molecule has 0 unspecified atom stereocenters. The van der Waals surface area contributed by atoms with Crippen LogP contribution in [0.1, 0.15) is 26.7 Å². The molecule has 1 N–H and O–H groups in total. The van der Waals surface area contributed by atoms with E-state index in [0.717, 1.165) is 19.5 Å². The SMILES string of the molecule is CC1(C)CCCN(O)C1. The molecule has 1 heterocycles. The van der Waals surface area contributed by atoms with Crippen LogP contribution in [0.25, 0.3) is 0 Å². The van der Waals surface area contributed by atoms with Gasteiger partial charge in [-0.1, -0.05) is 13.8 Å². The van der Waals surface area contributed by atoms with E-state index < -0.39 is 0 Å². The van der Waals surface area contributed by atoms with E-state index in [0.29, 0.717) is 5.41 Å². The van der Waals surface area contributed by atoms with Gasteiger partial charge in [0.05, 0.1) is 0 Å². The zero-order valence-corrected chi connectivity index (χ0v) is 6.22. The van der Waals surface area contributed by atoms with Crippen molar-refractivity contribution in [3.05, 3.63) is 0 Å². The normalized spacial score (nSPS) is 28.3. The van der Waals surface area contributed by atoms with Crippen molar-refractivity contribution in [3.8, 4) is 0 Å². The zero-order chi connectivity index (χ0) is 6.91.